The van der Waals surface area contributed by atoms with E-state index < -0.39 is 0 Å². The maximum atomic E-state index is 2.40. The Bertz CT molecular complexity index is 3530. The Morgan fingerprint density at radius 3 is 1.25 bits per heavy atom. The third-order valence-corrected chi connectivity index (χ3v) is 12.4. The van der Waals surface area contributed by atoms with Gasteiger partial charge in [0, 0.05) is 17.1 Å². The van der Waals surface area contributed by atoms with Gasteiger partial charge in [0.25, 0.3) is 0 Å². The van der Waals surface area contributed by atoms with Gasteiger partial charge < -0.3 is 4.90 Å². The van der Waals surface area contributed by atoms with E-state index in [0.29, 0.717) is 0 Å². The minimum atomic E-state index is 1.13. The molecule has 0 aromatic heterocycles. The Morgan fingerprint density at radius 2 is 0.576 bits per heavy atom. The van der Waals surface area contributed by atoms with Crippen LogP contribution < -0.4 is 4.90 Å². The molecule has 0 atom stereocenters. The van der Waals surface area contributed by atoms with Gasteiger partial charge in [0.15, 0.2) is 0 Å². The Hall–Kier alpha value is -7.74. The van der Waals surface area contributed by atoms with Gasteiger partial charge >= 0.3 is 0 Å². The van der Waals surface area contributed by atoms with Crippen molar-refractivity contribution in [3.8, 4) is 22.3 Å². The zero-order chi connectivity index (χ0) is 38.9. The summed E-state index contributed by atoms with van der Waals surface area (Å²) in [5, 5.41) is 18.0. The molecule has 0 saturated carbocycles. The van der Waals surface area contributed by atoms with Crippen LogP contribution in [-0.4, -0.2) is 0 Å². The number of anilines is 3. The third kappa shape index (κ3) is 5.47. The summed E-state index contributed by atoms with van der Waals surface area (Å²) in [5.41, 5.74) is 8.26. The van der Waals surface area contributed by atoms with Crippen molar-refractivity contribution in [2.45, 2.75) is 0 Å². The Morgan fingerprint density at radius 1 is 0.203 bits per heavy atom. The molecule has 0 bridgehead atoms. The first kappa shape index (κ1) is 33.4. The van der Waals surface area contributed by atoms with Gasteiger partial charge in [-0.3, -0.25) is 0 Å². The van der Waals surface area contributed by atoms with E-state index in [9.17, 15) is 0 Å². The SMILES string of the molecule is c1ccc(N(c2ccccc2)c2ccc(-c3ccc4cc(-c5ccc6c(c5)c5ccccc5c5c7ccc8c9ccccc9ccc8c7ccc65)ccc4c3)cc2)cc1. The number of hydrogen-bond acceptors (Lipinski definition) is 1. The first-order valence-corrected chi connectivity index (χ1v) is 20.4. The molecule has 0 unspecified atom stereocenters. The van der Waals surface area contributed by atoms with Crippen LogP contribution in [0.15, 0.2) is 224 Å². The van der Waals surface area contributed by atoms with Crippen LogP contribution in [-0.2, 0) is 0 Å². The highest BCUT2D eigenvalue weighted by molar-refractivity contribution is 6.34. The van der Waals surface area contributed by atoms with Crippen LogP contribution in [0.2, 0.25) is 0 Å². The number of fused-ring (bicyclic) bond motifs is 13. The topological polar surface area (TPSA) is 3.24 Å². The summed E-state index contributed by atoms with van der Waals surface area (Å²) in [6, 6.07) is 82.4. The Labute approximate surface area is 342 Å². The fourth-order valence-electron chi connectivity index (χ4n) is 9.55. The van der Waals surface area contributed by atoms with Crippen molar-refractivity contribution >= 4 is 92.5 Å². The second-order valence-corrected chi connectivity index (χ2v) is 15.7. The molecule has 59 heavy (non-hydrogen) atoms. The van der Waals surface area contributed by atoms with E-state index in [2.05, 4.69) is 229 Å². The van der Waals surface area contributed by atoms with Crippen molar-refractivity contribution < 1.29 is 0 Å². The summed E-state index contributed by atoms with van der Waals surface area (Å²) >= 11 is 0. The van der Waals surface area contributed by atoms with Crippen LogP contribution >= 0.6 is 0 Å². The van der Waals surface area contributed by atoms with E-state index in [-0.39, 0.29) is 0 Å². The molecule has 0 aliphatic rings. The molecule has 12 aromatic carbocycles. The van der Waals surface area contributed by atoms with E-state index in [1.54, 1.807) is 0 Å². The predicted molar refractivity (Wildman–Crippen MR) is 255 cm³/mol. The molecule has 0 radical (unpaired) electrons. The highest BCUT2D eigenvalue weighted by atomic mass is 15.1. The Kier molecular flexibility index (Phi) is 7.61. The second kappa shape index (κ2) is 13.4. The van der Waals surface area contributed by atoms with E-state index in [1.807, 2.05) is 0 Å². The summed E-state index contributed by atoms with van der Waals surface area (Å²) in [5.74, 6) is 0. The van der Waals surface area contributed by atoms with Crippen molar-refractivity contribution in [2.24, 2.45) is 0 Å². The minimum Gasteiger partial charge on any atom is -0.311 e. The quantitative estimate of drug-likeness (QED) is 0.159. The molecule has 12 aromatic rings. The first-order chi connectivity index (χ1) is 29.2. The van der Waals surface area contributed by atoms with Crippen LogP contribution in [0, 0.1) is 0 Å². The maximum absolute atomic E-state index is 2.40. The molecular formula is C58H37N. The molecular weight excluding hydrogens is 711 g/mol. The second-order valence-electron chi connectivity index (χ2n) is 15.7. The fourth-order valence-corrected chi connectivity index (χ4v) is 9.55. The number of hydrogen-bond donors (Lipinski definition) is 0. The van der Waals surface area contributed by atoms with Crippen LogP contribution in [0.25, 0.3) is 97.7 Å². The molecule has 1 heteroatoms. The highest BCUT2D eigenvalue weighted by Crippen LogP contribution is 2.43. The van der Waals surface area contributed by atoms with Crippen molar-refractivity contribution in [3.05, 3.63) is 224 Å². The highest BCUT2D eigenvalue weighted by Gasteiger charge is 2.16. The van der Waals surface area contributed by atoms with Crippen LogP contribution in [0.1, 0.15) is 0 Å². The van der Waals surface area contributed by atoms with Crippen LogP contribution in [0.4, 0.5) is 17.1 Å². The normalized spacial score (nSPS) is 11.7. The molecule has 0 N–H and O–H groups in total. The molecule has 12 rings (SSSR count). The molecule has 274 valence electrons. The summed E-state index contributed by atoms with van der Waals surface area (Å²) in [7, 11) is 0. The van der Waals surface area contributed by atoms with Gasteiger partial charge in [-0.25, -0.2) is 0 Å². The lowest BCUT2D eigenvalue weighted by Crippen LogP contribution is -2.09. The Balaban J connectivity index is 0.916. The minimum absolute atomic E-state index is 1.13. The monoisotopic (exact) mass is 747 g/mol. The van der Waals surface area contributed by atoms with Gasteiger partial charge in [-0.1, -0.05) is 170 Å². The zero-order valence-corrected chi connectivity index (χ0v) is 32.3. The standard InChI is InChI=1S/C58H37N/c1-3-12-45(13-4-1)59(46-14-5-2-6-15-46)47-27-23-38(24-28-47)40-19-20-42-36-43(22-21-41(42)35-40)44-26-30-53-56-34-32-52-51-29-25-39-11-7-8-16-48(39)50(51)31-33-55(52)58(56)54-18-10-9-17-49(54)57(53)37-44/h1-37H. The lowest BCUT2D eigenvalue weighted by atomic mass is 9.88. The summed E-state index contributed by atoms with van der Waals surface area (Å²) < 4.78 is 0. The molecule has 0 amide bonds. The van der Waals surface area contributed by atoms with E-state index in [4.69, 9.17) is 0 Å². The molecule has 0 spiro atoms. The smallest absolute Gasteiger partial charge is 0.0462 e. The first-order valence-electron chi connectivity index (χ1n) is 20.4. The van der Waals surface area contributed by atoms with Crippen LogP contribution in [0.3, 0.4) is 0 Å². The average Bonchev–Trinajstić information content (AvgIpc) is 3.31. The van der Waals surface area contributed by atoms with Crippen LogP contribution in [0.5, 0.6) is 0 Å². The van der Waals surface area contributed by atoms with Crippen molar-refractivity contribution in [1.82, 2.24) is 0 Å². The summed E-state index contributed by atoms with van der Waals surface area (Å²) in [6.45, 7) is 0. The maximum Gasteiger partial charge on any atom is 0.0462 e. The van der Waals surface area contributed by atoms with Gasteiger partial charge in [-0.05, 0) is 152 Å². The van der Waals surface area contributed by atoms with E-state index >= 15 is 0 Å². The largest absolute Gasteiger partial charge is 0.311 e. The molecule has 0 saturated heterocycles. The number of para-hydroxylation sites is 2. The zero-order valence-electron chi connectivity index (χ0n) is 32.3. The lowest BCUT2D eigenvalue weighted by Gasteiger charge is -2.25. The van der Waals surface area contributed by atoms with Gasteiger partial charge in [0.2, 0.25) is 0 Å². The fraction of sp³-hybridized carbons (Fsp3) is 0. The molecule has 0 aliphatic carbocycles. The number of benzene rings is 12. The lowest BCUT2D eigenvalue weighted by molar-refractivity contribution is 1.28. The molecule has 0 heterocycles. The van der Waals surface area contributed by atoms with Gasteiger partial charge in [-0.2, -0.15) is 0 Å². The molecule has 0 fully saturated rings. The number of nitrogens with zero attached hydrogens (tertiary/aromatic N) is 1. The number of rotatable bonds is 5. The third-order valence-electron chi connectivity index (χ3n) is 12.4. The van der Waals surface area contributed by atoms with E-state index in [0.717, 1.165) is 17.1 Å². The average molecular weight is 748 g/mol. The predicted octanol–water partition coefficient (Wildman–Crippen LogP) is 16.6. The van der Waals surface area contributed by atoms with Gasteiger partial charge in [0.1, 0.15) is 0 Å². The van der Waals surface area contributed by atoms with Gasteiger partial charge in [0.05, 0.1) is 0 Å². The van der Waals surface area contributed by atoms with Gasteiger partial charge in [-0.15, -0.1) is 0 Å². The summed E-state index contributed by atoms with van der Waals surface area (Å²) in [6.07, 6.45) is 0. The molecule has 1 nitrogen and oxygen atoms in total. The van der Waals surface area contributed by atoms with Crippen molar-refractivity contribution in [2.75, 3.05) is 4.90 Å². The summed E-state index contributed by atoms with van der Waals surface area (Å²) in [4.78, 5) is 2.30. The van der Waals surface area contributed by atoms with Crippen molar-refractivity contribution in [3.63, 3.8) is 0 Å². The molecule has 0 aliphatic heterocycles. The van der Waals surface area contributed by atoms with E-state index in [1.165, 1.54) is 97.7 Å². The van der Waals surface area contributed by atoms with Crippen molar-refractivity contribution in [1.29, 1.82) is 0 Å².